The molecular formula is C27H36N2O2. The summed E-state index contributed by atoms with van der Waals surface area (Å²) in [5.41, 5.74) is 3.92. The normalized spacial score (nSPS) is 12.5. The largest absolute Gasteiger partial charge is 0.491 e. The van der Waals surface area contributed by atoms with Crippen LogP contribution in [0.1, 0.15) is 37.1 Å². The molecule has 2 aromatic carbocycles. The molecule has 0 amide bonds. The summed E-state index contributed by atoms with van der Waals surface area (Å²) in [5.74, 6) is 1.42. The second kappa shape index (κ2) is 11.7. The van der Waals surface area contributed by atoms with Crippen LogP contribution in [0.25, 0.3) is 0 Å². The van der Waals surface area contributed by atoms with E-state index in [9.17, 15) is 5.11 Å². The smallest absolute Gasteiger partial charge is 0.119 e. The summed E-state index contributed by atoms with van der Waals surface area (Å²) in [6, 6.07) is 22.5. The first-order valence-electron chi connectivity index (χ1n) is 11.3. The maximum Gasteiger partial charge on any atom is 0.119 e. The average Bonchev–Trinajstić information content (AvgIpc) is 3.19. The van der Waals surface area contributed by atoms with Gasteiger partial charge < -0.3 is 14.4 Å². The summed E-state index contributed by atoms with van der Waals surface area (Å²) < 4.78 is 8.08. The van der Waals surface area contributed by atoms with Gasteiger partial charge in [0.05, 0.1) is 0 Å². The van der Waals surface area contributed by atoms with E-state index in [1.165, 1.54) is 16.8 Å². The minimum atomic E-state index is -0.535. The van der Waals surface area contributed by atoms with Gasteiger partial charge in [-0.15, -0.1) is 0 Å². The van der Waals surface area contributed by atoms with Crippen LogP contribution in [0.2, 0.25) is 0 Å². The topological polar surface area (TPSA) is 37.6 Å². The Labute approximate surface area is 187 Å². The second-order valence-corrected chi connectivity index (χ2v) is 8.75. The molecule has 0 fully saturated rings. The Morgan fingerprint density at radius 2 is 1.71 bits per heavy atom. The first kappa shape index (κ1) is 23.1. The SMILES string of the molecule is Cc1ccccc1Cn1cccc1CN(CCC(C)C)C[C@@H](O)COc1ccccc1. The minimum Gasteiger partial charge on any atom is -0.491 e. The highest BCUT2D eigenvalue weighted by molar-refractivity contribution is 5.26. The molecule has 3 rings (SSSR count). The highest BCUT2D eigenvalue weighted by Gasteiger charge is 2.16. The molecule has 1 N–H and O–H groups in total. The molecule has 0 aliphatic carbocycles. The molecule has 0 saturated carbocycles. The number of ether oxygens (including phenoxy) is 1. The number of hydrogen-bond acceptors (Lipinski definition) is 3. The van der Waals surface area contributed by atoms with Crippen molar-refractivity contribution in [3.63, 3.8) is 0 Å². The van der Waals surface area contributed by atoms with Crippen molar-refractivity contribution in [2.45, 2.75) is 46.4 Å². The monoisotopic (exact) mass is 420 g/mol. The Balaban J connectivity index is 1.62. The lowest BCUT2D eigenvalue weighted by Crippen LogP contribution is -2.36. The standard InChI is InChI=1S/C27H36N2O2/c1-22(2)15-17-28(20-26(30)21-31-27-13-5-4-6-14-27)19-25-12-9-16-29(25)18-24-11-8-7-10-23(24)3/h4-14,16,22,26,30H,15,17-21H2,1-3H3/t26-/m1/s1. The molecule has 0 saturated heterocycles. The van der Waals surface area contributed by atoms with E-state index in [1.807, 2.05) is 30.3 Å². The lowest BCUT2D eigenvalue weighted by molar-refractivity contribution is 0.0632. The molecular weight excluding hydrogens is 384 g/mol. The third-order valence-electron chi connectivity index (χ3n) is 5.59. The molecule has 0 aliphatic heterocycles. The number of aryl methyl sites for hydroxylation is 1. The predicted octanol–water partition coefficient (Wildman–Crippen LogP) is 5.13. The maximum absolute atomic E-state index is 10.6. The lowest BCUT2D eigenvalue weighted by Gasteiger charge is -2.26. The molecule has 1 atom stereocenters. The van der Waals surface area contributed by atoms with Crippen molar-refractivity contribution in [2.75, 3.05) is 19.7 Å². The summed E-state index contributed by atoms with van der Waals surface area (Å²) in [4.78, 5) is 2.35. The van der Waals surface area contributed by atoms with Crippen LogP contribution < -0.4 is 4.74 Å². The average molecular weight is 421 g/mol. The zero-order valence-corrected chi connectivity index (χ0v) is 19.1. The van der Waals surface area contributed by atoms with Gasteiger partial charge in [0.25, 0.3) is 0 Å². The van der Waals surface area contributed by atoms with Crippen LogP contribution >= 0.6 is 0 Å². The third kappa shape index (κ3) is 7.57. The number of rotatable bonds is 12. The van der Waals surface area contributed by atoms with Crippen LogP contribution in [0.4, 0.5) is 0 Å². The van der Waals surface area contributed by atoms with Gasteiger partial charge in [-0.25, -0.2) is 0 Å². The minimum absolute atomic E-state index is 0.298. The van der Waals surface area contributed by atoms with Gasteiger partial charge in [-0.1, -0.05) is 56.3 Å². The Morgan fingerprint density at radius 3 is 2.45 bits per heavy atom. The van der Waals surface area contributed by atoms with Crippen molar-refractivity contribution in [2.24, 2.45) is 5.92 Å². The third-order valence-corrected chi connectivity index (χ3v) is 5.59. The zero-order valence-electron chi connectivity index (χ0n) is 19.1. The molecule has 3 aromatic rings. The highest BCUT2D eigenvalue weighted by Crippen LogP contribution is 2.15. The van der Waals surface area contributed by atoms with Crippen molar-refractivity contribution in [3.05, 3.63) is 89.7 Å². The fourth-order valence-corrected chi connectivity index (χ4v) is 3.68. The summed E-state index contributed by atoms with van der Waals surface area (Å²) in [6.07, 6.45) is 2.72. The summed E-state index contributed by atoms with van der Waals surface area (Å²) in [7, 11) is 0. The molecule has 1 heterocycles. The van der Waals surface area contributed by atoms with Crippen molar-refractivity contribution in [3.8, 4) is 5.75 Å². The number of aliphatic hydroxyl groups excluding tert-OH is 1. The van der Waals surface area contributed by atoms with Crippen molar-refractivity contribution >= 4 is 0 Å². The van der Waals surface area contributed by atoms with Crippen LogP contribution in [0.5, 0.6) is 5.75 Å². The second-order valence-electron chi connectivity index (χ2n) is 8.75. The number of benzene rings is 2. The molecule has 1 aromatic heterocycles. The highest BCUT2D eigenvalue weighted by atomic mass is 16.5. The Bertz CT molecular complexity index is 904. The molecule has 0 aliphatic rings. The van der Waals surface area contributed by atoms with Gasteiger partial charge >= 0.3 is 0 Å². The van der Waals surface area contributed by atoms with Gasteiger partial charge in [0.1, 0.15) is 18.5 Å². The summed E-state index contributed by atoms with van der Waals surface area (Å²) in [5, 5.41) is 10.6. The molecule has 4 heteroatoms. The lowest BCUT2D eigenvalue weighted by atomic mass is 10.1. The van der Waals surface area contributed by atoms with Crippen molar-refractivity contribution in [1.29, 1.82) is 0 Å². The Morgan fingerprint density at radius 1 is 0.968 bits per heavy atom. The Kier molecular flexibility index (Phi) is 8.74. The van der Waals surface area contributed by atoms with Crippen LogP contribution in [-0.2, 0) is 13.1 Å². The quantitative estimate of drug-likeness (QED) is 0.441. The summed E-state index contributed by atoms with van der Waals surface area (Å²) in [6.45, 7) is 10.2. The first-order chi connectivity index (χ1) is 15.0. The molecule has 0 radical (unpaired) electrons. The molecule has 0 spiro atoms. The number of hydrogen-bond donors (Lipinski definition) is 1. The Hall–Kier alpha value is -2.56. The fourth-order valence-electron chi connectivity index (χ4n) is 3.68. The molecule has 31 heavy (non-hydrogen) atoms. The molecule has 0 unspecified atom stereocenters. The van der Waals surface area contributed by atoms with E-state index >= 15 is 0 Å². The van der Waals surface area contributed by atoms with E-state index in [4.69, 9.17) is 4.74 Å². The van der Waals surface area contributed by atoms with Crippen LogP contribution in [0.15, 0.2) is 72.9 Å². The van der Waals surface area contributed by atoms with Crippen LogP contribution in [0.3, 0.4) is 0 Å². The summed E-state index contributed by atoms with van der Waals surface area (Å²) >= 11 is 0. The van der Waals surface area contributed by atoms with Crippen LogP contribution in [-0.4, -0.2) is 40.4 Å². The predicted molar refractivity (Wildman–Crippen MR) is 127 cm³/mol. The van der Waals surface area contributed by atoms with Gasteiger partial charge in [0.2, 0.25) is 0 Å². The van der Waals surface area contributed by atoms with E-state index in [1.54, 1.807) is 0 Å². The first-order valence-corrected chi connectivity index (χ1v) is 11.3. The van der Waals surface area contributed by atoms with Gasteiger partial charge in [0.15, 0.2) is 0 Å². The fraction of sp³-hybridized carbons (Fsp3) is 0.407. The van der Waals surface area contributed by atoms with Gasteiger partial charge in [0, 0.05) is 31.5 Å². The van der Waals surface area contributed by atoms with Crippen molar-refractivity contribution < 1.29 is 9.84 Å². The van der Waals surface area contributed by atoms with E-state index in [2.05, 4.69) is 72.8 Å². The molecule has 4 nitrogen and oxygen atoms in total. The molecule has 0 bridgehead atoms. The van der Waals surface area contributed by atoms with E-state index < -0.39 is 6.10 Å². The number of para-hydroxylation sites is 1. The maximum atomic E-state index is 10.6. The van der Waals surface area contributed by atoms with Crippen LogP contribution in [0, 0.1) is 12.8 Å². The zero-order chi connectivity index (χ0) is 22.1. The van der Waals surface area contributed by atoms with Crippen molar-refractivity contribution in [1.82, 2.24) is 9.47 Å². The van der Waals surface area contributed by atoms with Gasteiger partial charge in [-0.05, 0) is 61.2 Å². The number of aliphatic hydroxyl groups is 1. The van der Waals surface area contributed by atoms with Gasteiger partial charge in [-0.2, -0.15) is 0 Å². The number of aromatic nitrogens is 1. The van der Waals surface area contributed by atoms with E-state index in [-0.39, 0.29) is 0 Å². The van der Waals surface area contributed by atoms with Gasteiger partial charge in [-0.3, -0.25) is 4.90 Å². The molecule has 166 valence electrons. The van der Waals surface area contributed by atoms with E-state index in [0.717, 1.165) is 31.8 Å². The van der Waals surface area contributed by atoms with E-state index in [0.29, 0.717) is 19.1 Å². The number of nitrogens with zero attached hydrogens (tertiary/aromatic N) is 2.